The van der Waals surface area contributed by atoms with Crippen LogP contribution in [-0.4, -0.2) is 19.6 Å². The van der Waals surface area contributed by atoms with Gasteiger partial charge in [-0.25, -0.2) is 0 Å². The predicted molar refractivity (Wildman–Crippen MR) is 81.4 cm³/mol. The van der Waals surface area contributed by atoms with Crippen LogP contribution in [0.4, 0.5) is 0 Å². The monoisotopic (exact) mass is 267 g/mol. The van der Waals surface area contributed by atoms with Gasteiger partial charge in [0.25, 0.3) is 0 Å². The molecule has 0 atom stereocenters. The lowest BCUT2D eigenvalue weighted by Gasteiger charge is -2.10. The molecule has 1 aromatic heterocycles. The first kappa shape index (κ1) is 15.0. The molecule has 0 amide bonds. The quantitative estimate of drug-likeness (QED) is 0.452. The van der Waals surface area contributed by atoms with E-state index >= 15 is 0 Å². The van der Waals surface area contributed by atoms with Crippen molar-refractivity contribution in [1.82, 2.24) is 10.6 Å². The maximum Gasteiger partial charge on any atom is 0.191 e. The molecule has 1 heterocycles. The molecule has 0 aromatic carbocycles. The maximum absolute atomic E-state index is 4.23. The van der Waals surface area contributed by atoms with E-state index in [0.717, 1.165) is 19.0 Å². The molecule has 0 aliphatic heterocycles. The summed E-state index contributed by atoms with van der Waals surface area (Å²) >= 11 is 1.83. The smallest absolute Gasteiger partial charge is 0.191 e. The van der Waals surface area contributed by atoms with E-state index in [1.54, 1.807) is 0 Å². The van der Waals surface area contributed by atoms with Crippen molar-refractivity contribution in [3.8, 4) is 0 Å². The van der Waals surface area contributed by atoms with Crippen LogP contribution in [0.25, 0.3) is 0 Å². The molecule has 0 spiro atoms. The largest absolute Gasteiger partial charge is 0.356 e. The lowest BCUT2D eigenvalue weighted by Crippen LogP contribution is -2.37. The zero-order valence-corrected chi connectivity index (χ0v) is 12.6. The van der Waals surface area contributed by atoms with E-state index in [-0.39, 0.29) is 0 Å². The minimum Gasteiger partial charge on any atom is -0.356 e. The molecule has 18 heavy (non-hydrogen) atoms. The molecule has 102 valence electrons. The fourth-order valence-corrected chi connectivity index (χ4v) is 2.56. The third-order valence-electron chi connectivity index (χ3n) is 2.77. The minimum atomic E-state index is 0.854. The normalized spacial score (nSPS) is 11.6. The Hall–Kier alpha value is -1.03. The Bertz CT molecular complexity index is 358. The summed E-state index contributed by atoms with van der Waals surface area (Å²) in [6.45, 7) is 6.22. The first-order valence-corrected chi connectivity index (χ1v) is 7.57. The van der Waals surface area contributed by atoms with Gasteiger partial charge in [-0.15, -0.1) is 11.3 Å². The van der Waals surface area contributed by atoms with Crippen molar-refractivity contribution in [2.24, 2.45) is 4.99 Å². The third-order valence-corrected chi connectivity index (χ3v) is 3.77. The number of hydrogen-bond acceptors (Lipinski definition) is 2. The average molecular weight is 267 g/mol. The second-order valence-corrected chi connectivity index (χ2v) is 5.80. The van der Waals surface area contributed by atoms with Crippen molar-refractivity contribution < 1.29 is 0 Å². The highest BCUT2D eigenvalue weighted by Crippen LogP contribution is 2.14. The molecule has 3 nitrogen and oxygen atoms in total. The number of unbranched alkanes of at least 4 members (excludes halogenated alkanes) is 3. The Morgan fingerprint density at radius 1 is 1.22 bits per heavy atom. The minimum absolute atomic E-state index is 0.854. The van der Waals surface area contributed by atoms with Crippen LogP contribution >= 0.6 is 11.3 Å². The van der Waals surface area contributed by atoms with Gasteiger partial charge in [-0.2, -0.15) is 0 Å². The third kappa shape index (κ3) is 6.05. The van der Waals surface area contributed by atoms with Gasteiger partial charge in [0, 0.05) is 23.3 Å². The Kier molecular flexibility index (Phi) is 7.49. The molecule has 1 rings (SSSR count). The summed E-state index contributed by atoms with van der Waals surface area (Å²) in [7, 11) is 1.82. The molecular weight excluding hydrogens is 242 g/mol. The van der Waals surface area contributed by atoms with Gasteiger partial charge in [-0.05, 0) is 25.5 Å². The van der Waals surface area contributed by atoms with Gasteiger partial charge in [0.2, 0.25) is 0 Å². The fourth-order valence-electron chi connectivity index (χ4n) is 1.73. The molecule has 0 bridgehead atoms. The Labute approximate surface area is 115 Å². The van der Waals surface area contributed by atoms with E-state index in [4.69, 9.17) is 0 Å². The topological polar surface area (TPSA) is 36.4 Å². The first-order chi connectivity index (χ1) is 8.76. The molecule has 0 saturated carbocycles. The van der Waals surface area contributed by atoms with Crippen molar-refractivity contribution in [3.63, 3.8) is 0 Å². The van der Waals surface area contributed by atoms with Crippen molar-refractivity contribution in [2.75, 3.05) is 13.6 Å². The molecule has 0 aliphatic carbocycles. The van der Waals surface area contributed by atoms with E-state index in [0.29, 0.717) is 0 Å². The number of rotatable bonds is 7. The van der Waals surface area contributed by atoms with E-state index in [2.05, 4.69) is 41.6 Å². The van der Waals surface area contributed by atoms with Crippen molar-refractivity contribution in [3.05, 3.63) is 21.9 Å². The van der Waals surface area contributed by atoms with Crippen LogP contribution < -0.4 is 10.6 Å². The van der Waals surface area contributed by atoms with E-state index in [9.17, 15) is 0 Å². The zero-order chi connectivity index (χ0) is 13.2. The average Bonchev–Trinajstić information content (AvgIpc) is 2.78. The number of aliphatic imine (C=N–C) groups is 1. The van der Waals surface area contributed by atoms with Gasteiger partial charge in [0.1, 0.15) is 0 Å². The van der Waals surface area contributed by atoms with Crippen LogP contribution in [0, 0.1) is 6.92 Å². The maximum atomic E-state index is 4.23. The summed E-state index contributed by atoms with van der Waals surface area (Å²) in [5.41, 5.74) is 0. The number of nitrogens with zero attached hydrogens (tertiary/aromatic N) is 1. The van der Waals surface area contributed by atoms with Crippen molar-refractivity contribution in [1.29, 1.82) is 0 Å². The molecule has 0 aliphatic rings. The lowest BCUT2D eigenvalue weighted by atomic mass is 10.2. The van der Waals surface area contributed by atoms with Crippen molar-refractivity contribution >= 4 is 17.3 Å². The highest BCUT2D eigenvalue weighted by Gasteiger charge is 1.99. The number of nitrogens with one attached hydrogen (secondary N) is 2. The summed E-state index contributed by atoms with van der Waals surface area (Å²) < 4.78 is 0. The molecule has 0 fully saturated rings. The van der Waals surface area contributed by atoms with E-state index < -0.39 is 0 Å². The SMILES string of the molecule is CCCCCCNC(=NC)NCc1ccc(C)s1. The molecule has 1 aromatic rings. The summed E-state index contributed by atoms with van der Waals surface area (Å²) in [6.07, 6.45) is 5.12. The highest BCUT2D eigenvalue weighted by molar-refractivity contribution is 7.11. The zero-order valence-electron chi connectivity index (χ0n) is 11.8. The fraction of sp³-hybridized carbons (Fsp3) is 0.643. The lowest BCUT2D eigenvalue weighted by molar-refractivity contribution is 0.647. The summed E-state index contributed by atoms with van der Waals surface area (Å²) in [5.74, 6) is 0.901. The highest BCUT2D eigenvalue weighted by atomic mass is 32.1. The van der Waals surface area contributed by atoms with Gasteiger partial charge < -0.3 is 10.6 Å². The summed E-state index contributed by atoms with van der Waals surface area (Å²) in [4.78, 5) is 6.93. The van der Waals surface area contributed by atoms with Gasteiger partial charge in [0.15, 0.2) is 5.96 Å². The number of hydrogen-bond donors (Lipinski definition) is 2. The Balaban J connectivity index is 2.18. The predicted octanol–water partition coefficient (Wildman–Crippen LogP) is 3.30. The second-order valence-electron chi connectivity index (χ2n) is 4.43. The number of guanidine groups is 1. The summed E-state index contributed by atoms with van der Waals surface area (Å²) in [6, 6.07) is 4.32. The number of thiophene rings is 1. The molecule has 0 radical (unpaired) electrons. The van der Waals surface area contributed by atoms with Crippen LogP contribution in [0.1, 0.15) is 42.4 Å². The van der Waals surface area contributed by atoms with Crippen molar-refractivity contribution in [2.45, 2.75) is 46.1 Å². The van der Waals surface area contributed by atoms with Gasteiger partial charge in [0.05, 0.1) is 6.54 Å². The molecule has 0 saturated heterocycles. The van der Waals surface area contributed by atoms with E-state index in [1.165, 1.54) is 35.4 Å². The van der Waals surface area contributed by atoms with E-state index in [1.807, 2.05) is 18.4 Å². The van der Waals surface area contributed by atoms with Crippen LogP contribution in [0.5, 0.6) is 0 Å². The van der Waals surface area contributed by atoms with Crippen LogP contribution in [-0.2, 0) is 6.54 Å². The standard InChI is InChI=1S/C14H25N3S/c1-4-5-6-7-10-16-14(15-3)17-11-13-9-8-12(2)18-13/h8-9H,4-7,10-11H2,1-3H3,(H2,15,16,17). The number of aryl methyl sites for hydroxylation is 1. The Morgan fingerprint density at radius 2 is 2.06 bits per heavy atom. The molecule has 2 N–H and O–H groups in total. The van der Waals surface area contributed by atoms with Gasteiger partial charge in [-0.3, -0.25) is 4.99 Å². The Morgan fingerprint density at radius 3 is 2.67 bits per heavy atom. The van der Waals surface area contributed by atoms with Crippen LogP contribution in [0.2, 0.25) is 0 Å². The molecule has 0 unspecified atom stereocenters. The van der Waals surface area contributed by atoms with Crippen LogP contribution in [0.3, 0.4) is 0 Å². The summed E-state index contributed by atoms with van der Waals surface area (Å²) in [5, 5.41) is 6.69. The molecule has 4 heteroatoms. The van der Waals surface area contributed by atoms with Crippen LogP contribution in [0.15, 0.2) is 17.1 Å². The van der Waals surface area contributed by atoms with Gasteiger partial charge >= 0.3 is 0 Å². The van der Waals surface area contributed by atoms with Gasteiger partial charge in [-0.1, -0.05) is 26.2 Å². The molecular formula is C14H25N3S. The second kappa shape index (κ2) is 8.97. The first-order valence-electron chi connectivity index (χ1n) is 6.76.